The molecule has 0 aromatic heterocycles. The van der Waals surface area contributed by atoms with Gasteiger partial charge in [0.1, 0.15) is 0 Å². The van der Waals surface area contributed by atoms with Crippen molar-refractivity contribution in [1.82, 2.24) is 10.2 Å². The van der Waals surface area contributed by atoms with Crippen LogP contribution >= 0.6 is 11.6 Å². The molecule has 2 rings (SSSR count). The van der Waals surface area contributed by atoms with Gasteiger partial charge in [-0.05, 0) is 55.6 Å². The lowest BCUT2D eigenvalue weighted by Crippen LogP contribution is -2.32. The molecule has 0 bridgehead atoms. The number of carbonyl (C=O) groups excluding carboxylic acids is 3. The van der Waals surface area contributed by atoms with Gasteiger partial charge >= 0.3 is 5.97 Å². The van der Waals surface area contributed by atoms with Gasteiger partial charge < -0.3 is 20.3 Å². The van der Waals surface area contributed by atoms with Crippen molar-refractivity contribution >= 4 is 41.1 Å². The second kappa shape index (κ2) is 11.1. The van der Waals surface area contributed by atoms with E-state index in [0.29, 0.717) is 21.8 Å². The van der Waals surface area contributed by atoms with E-state index in [1.54, 1.807) is 55.4 Å². The van der Waals surface area contributed by atoms with Gasteiger partial charge in [0, 0.05) is 23.3 Å². The number of carbonyl (C=O) groups is 3. The summed E-state index contributed by atoms with van der Waals surface area (Å²) >= 11 is 6.08. The SMILES string of the molecule is COC(=O)c1cc(CNC(=O)CN(C)C)cc(NC(=O)/C=C/c2ccccc2Cl)c1. The van der Waals surface area contributed by atoms with E-state index in [1.165, 1.54) is 19.3 Å². The summed E-state index contributed by atoms with van der Waals surface area (Å²) in [6.45, 7) is 0.447. The molecule has 0 saturated carbocycles. The van der Waals surface area contributed by atoms with Gasteiger partial charge in [-0.3, -0.25) is 9.59 Å². The van der Waals surface area contributed by atoms with Gasteiger partial charge in [-0.15, -0.1) is 0 Å². The van der Waals surface area contributed by atoms with E-state index in [2.05, 4.69) is 10.6 Å². The molecule has 7 nitrogen and oxygen atoms in total. The Kier molecular flexibility index (Phi) is 8.58. The monoisotopic (exact) mass is 429 g/mol. The fourth-order valence-electron chi connectivity index (χ4n) is 2.61. The number of hydrogen-bond donors (Lipinski definition) is 2. The number of nitrogens with zero attached hydrogens (tertiary/aromatic N) is 1. The number of ether oxygens (including phenoxy) is 1. The molecular weight excluding hydrogens is 406 g/mol. The maximum Gasteiger partial charge on any atom is 0.337 e. The number of anilines is 1. The van der Waals surface area contributed by atoms with Crippen LogP contribution in [0.2, 0.25) is 5.02 Å². The van der Waals surface area contributed by atoms with Crippen LogP contribution < -0.4 is 10.6 Å². The van der Waals surface area contributed by atoms with Crippen LogP contribution in [0.5, 0.6) is 0 Å². The summed E-state index contributed by atoms with van der Waals surface area (Å²) in [5.41, 5.74) is 2.03. The van der Waals surface area contributed by atoms with Gasteiger partial charge in [0.2, 0.25) is 11.8 Å². The summed E-state index contributed by atoms with van der Waals surface area (Å²) in [4.78, 5) is 37.9. The standard InChI is InChI=1S/C22H24ClN3O4/c1-26(2)14-21(28)24-13-15-10-17(22(29)30-3)12-18(11-15)25-20(27)9-8-16-6-4-5-7-19(16)23/h4-12H,13-14H2,1-3H3,(H,24,28)(H,25,27)/b9-8+. The lowest BCUT2D eigenvalue weighted by atomic mass is 10.1. The zero-order valence-electron chi connectivity index (χ0n) is 17.1. The lowest BCUT2D eigenvalue weighted by Gasteiger charge is -2.12. The number of benzene rings is 2. The Morgan fingerprint density at radius 2 is 1.87 bits per heavy atom. The highest BCUT2D eigenvalue weighted by atomic mass is 35.5. The van der Waals surface area contributed by atoms with Crippen LogP contribution in [0.1, 0.15) is 21.5 Å². The van der Waals surface area contributed by atoms with Crippen LogP contribution in [0.15, 0.2) is 48.5 Å². The first-order valence-electron chi connectivity index (χ1n) is 9.16. The fourth-order valence-corrected chi connectivity index (χ4v) is 2.80. The molecule has 30 heavy (non-hydrogen) atoms. The molecule has 8 heteroatoms. The quantitative estimate of drug-likeness (QED) is 0.497. The van der Waals surface area contributed by atoms with Crippen molar-refractivity contribution in [1.29, 1.82) is 0 Å². The first kappa shape index (κ1) is 23.1. The second-order valence-corrected chi connectivity index (χ2v) is 7.18. The minimum Gasteiger partial charge on any atom is -0.465 e. The average molecular weight is 430 g/mol. The summed E-state index contributed by atoms with van der Waals surface area (Å²) in [5, 5.41) is 6.02. The zero-order chi connectivity index (χ0) is 22.1. The van der Waals surface area contributed by atoms with E-state index >= 15 is 0 Å². The van der Waals surface area contributed by atoms with Crippen molar-refractivity contribution in [3.8, 4) is 0 Å². The predicted molar refractivity (Wildman–Crippen MR) is 117 cm³/mol. The molecule has 2 aromatic rings. The summed E-state index contributed by atoms with van der Waals surface area (Å²) in [6, 6.07) is 11.9. The Hall–Kier alpha value is -3.16. The highest BCUT2D eigenvalue weighted by molar-refractivity contribution is 6.32. The van der Waals surface area contributed by atoms with E-state index in [9.17, 15) is 14.4 Å². The number of nitrogens with one attached hydrogen (secondary N) is 2. The molecule has 0 spiro atoms. The second-order valence-electron chi connectivity index (χ2n) is 6.77. The summed E-state index contributed by atoms with van der Waals surface area (Å²) in [7, 11) is 4.86. The molecule has 0 radical (unpaired) electrons. The van der Waals surface area contributed by atoms with E-state index in [-0.39, 0.29) is 30.5 Å². The normalized spacial score (nSPS) is 10.8. The molecule has 0 saturated heterocycles. The molecule has 0 aliphatic rings. The van der Waals surface area contributed by atoms with Gasteiger partial charge in [-0.25, -0.2) is 4.79 Å². The summed E-state index contributed by atoms with van der Waals surface area (Å²) in [5.74, 6) is -1.09. The number of halogens is 1. The third-order valence-corrected chi connectivity index (χ3v) is 4.29. The Morgan fingerprint density at radius 3 is 2.53 bits per heavy atom. The topological polar surface area (TPSA) is 87.7 Å². The van der Waals surface area contributed by atoms with Crippen molar-refractivity contribution in [2.24, 2.45) is 0 Å². The summed E-state index contributed by atoms with van der Waals surface area (Å²) < 4.78 is 4.77. The smallest absolute Gasteiger partial charge is 0.337 e. The molecule has 0 unspecified atom stereocenters. The largest absolute Gasteiger partial charge is 0.465 e. The zero-order valence-corrected chi connectivity index (χ0v) is 17.8. The highest BCUT2D eigenvalue weighted by Gasteiger charge is 2.11. The van der Waals surface area contributed by atoms with Crippen molar-refractivity contribution in [2.45, 2.75) is 6.54 Å². The van der Waals surface area contributed by atoms with Crippen LogP contribution in [-0.4, -0.2) is 50.4 Å². The van der Waals surface area contributed by atoms with Gasteiger partial charge in [0.05, 0.1) is 19.2 Å². The minimum absolute atomic E-state index is 0.156. The van der Waals surface area contributed by atoms with Crippen molar-refractivity contribution in [3.63, 3.8) is 0 Å². The van der Waals surface area contributed by atoms with Crippen LogP contribution in [0, 0.1) is 0 Å². The Balaban J connectivity index is 2.15. The number of amides is 2. The molecule has 0 atom stereocenters. The van der Waals surface area contributed by atoms with E-state index in [0.717, 1.165) is 0 Å². The first-order valence-corrected chi connectivity index (χ1v) is 9.53. The number of methoxy groups -OCH3 is 1. The molecule has 2 aromatic carbocycles. The first-order chi connectivity index (χ1) is 14.3. The van der Waals surface area contributed by atoms with Gasteiger partial charge in [0.25, 0.3) is 0 Å². The third kappa shape index (κ3) is 7.35. The molecule has 158 valence electrons. The highest BCUT2D eigenvalue weighted by Crippen LogP contribution is 2.18. The number of likely N-dealkylation sites (N-methyl/N-ethyl adjacent to an activating group) is 1. The molecular formula is C22H24ClN3O4. The maximum absolute atomic E-state index is 12.3. The number of rotatable bonds is 8. The van der Waals surface area contributed by atoms with E-state index in [1.807, 2.05) is 6.07 Å². The lowest BCUT2D eigenvalue weighted by molar-refractivity contribution is -0.121. The van der Waals surface area contributed by atoms with Crippen LogP contribution in [0.4, 0.5) is 5.69 Å². The van der Waals surface area contributed by atoms with Gasteiger partial charge in [-0.2, -0.15) is 0 Å². The van der Waals surface area contributed by atoms with Crippen molar-refractivity contribution in [3.05, 3.63) is 70.3 Å². The van der Waals surface area contributed by atoms with E-state index < -0.39 is 5.97 Å². The maximum atomic E-state index is 12.3. The molecule has 2 amide bonds. The number of hydrogen-bond acceptors (Lipinski definition) is 5. The molecule has 0 heterocycles. The molecule has 2 N–H and O–H groups in total. The average Bonchev–Trinajstić information content (AvgIpc) is 2.70. The van der Waals surface area contributed by atoms with Crippen molar-refractivity contribution < 1.29 is 19.1 Å². The Bertz CT molecular complexity index is 957. The molecule has 0 aliphatic heterocycles. The van der Waals surface area contributed by atoms with Crippen LogP contribution in [0.25, 0.3) is 6.08 Å². The minimum atomic E-state index is -0.543. The number of esters is 1. The Labute approximate surface area is 180 Å². The predicted octanol–water partition coefficient (Wildman–Crippen LogP) is 2.96. The molecule has 0 fully saturated rings. The molecule has 0 aliphatic carbocycles. The third-order valence-electron chi connectivity index (χ3n) is 3.95. The van der Waals surface area contributed by atoms with E-state index in [4.69, 9.17) is 16.3 Å². The van der Waals surface area contributed by atoms with Crippen LogP contribution in [-0.2, 0) is 20.9 Å². The fraction of sp³-hybridized carbons (Fsp3) is 0.227. The van der Waals surface area contributed by atoms with Crippen molar-refractivity contribution in [2.75, 3.05) is 33.1 Å². The van der Waals surface area contributed by atoms with Gasteiger partial charge in [0.15, 0.2) is 0 Å². The van der Waals surface area contributed by atoms with Gasteiger partial charge in [-0.1, -0.05) is 29.8 Å². The Morgan fingerprint density at radius 1 is 1.13 bits per heavy atom. The summed E-state index contributed by atoms with van der Waals surface area (Å²) in [6.07, 6.45) is 2.95. The van der Waals surface area contributed by atoms with Crippen LogP contribution in [0.3, 0.4) is 0 Å².